The normalized spacial score (nSPS) is 12.8. The monoisotopic (exact) mass is 350 g/mol. The van der Waals surface area contributed by atoms with Crippen LogP contribution < -0.4 is 14.2 Å². The average Bonchev–Trinajstić information content (AvgIpc) is 2.59. The number of benzene rings is 2. The summed E-state index contributed by atoms with van der Waals surface area (Å²) in [4.78, 5) is 13.2. The van der Waals surface area contributed by atoms with E-state index in [1.807, 2.05) is 18.2 Å². The number of hydrogen-bond acceptors (Lipinski definition) is 5. The number of Topliss-reactive ketones (excluding diaryl/α,β-unsaturated/α-hetero) is 1. The van der Waals surface area contributed by atoms with Gasteiger partial charge in [0.1, 0.15) is 19.0 Å². The molecule has 6 heteroatoms. The molecule has 0 unspecified atom stereocenters. The van der Waals surface area contributed by atoms with Crippen molar-refractivity contribution < 1.29 is 19.0 Å². The van der Waals surface area contributed by atoms with E-state index in [1.54, 1.807) is 25.3 Å². The van der Waals surface area contributed by atoms with Crippen LogP contribution in [-0.4, -0.2) is 31.9 Å². The molecule has 0 spiro atoms. The standard InChI is InChI=1S/C17H15ClO4S/c1-20-15-4-2-11(8-13(15)18)14(19)10-23-12-3-5-16-17(9-12)22-7-6-21-16/h2-5,8-9H,6-7,10H2,1H3. The first-order valence-corrected chi connectivity index (χ1v) is 8.43. The molecule has 0 saturated heterocycles. The first-order valence-electron chi connectivity index (χ1n) is 7.06. The highest BCUT2D eigenvalue weighted by Crippen LogP contribution is 2.34. The maximum absolute atomic E-state index is 12.3. The highest BCUT2D eigenvalue weighted by molar-refractivity contribution is 8.00. The predicted molar refractivity (Wildman–Crippen MR) is 90.5 cm³/mol. The van der Waals surface area contributed by atoms with E-state index in [-0.39, 0.29) is 5.78 Å². The molecule has 0 aliphatic carbocycles. The molecular weight excluding hydrogens is 336 g/mol. The molecule has 120 valence electrons. The third-order valence-electron chi connectivity index (χ3n) is 3.36. The first kappa shape index (κ1) is 16.0. The van der Waals surface area contributed by atoms with E-state index >= 15 is 0 Å². The van der Waals surface area contributed by atoms with E-state index in [1.165, 1.54) is 11.8 Å². The molecule has 0 bridgehead atoms. The van der Waals surface area contributed by atoms with E-state index in [4.69, 9.17) is 25.8 Å². The van der Waals surface area contributed by atoms with Crippen LogP contribution >= 0.6 is 23.4 Å². The molecular formula is C17H15ClO4S. The fourth-order valence-corrected chi connectivity index (χ4v) is 3.26. The first-order chi connectivity index (χ1) is 11.2. The molecule has 0 fully saturated rings. The number of ether oxygens (including phenoxy) is 3. The number of halogens is 1. The largest absolute Gasteiger partial charge is 0.495 e. The van der Waals surface area contributed by atoms with Gasteiger partial charge in [-0.05, 0) is 36.4 Å². The molecule has 0 N–H and O–H groups in total. The molecule has 1 aliphatic heterocycles. The van der Waals surface area contributed by atoms with Crippen LogP contribution in [0.25, 0.3) is 0 Å². The Morgan fingerprint density at radius 2 is 1.96 bits per heavy atom. The van der Waals surface area contributed by atoms with Crippen molar-refractivity contribution in [3.05, 3.63) is 47.0 Å². The van der Waals surface area contributed by atoms with Crippen molar-refractivity contribution in [2.45, 2.75) is 4.90 Å². The molecule has 0 saturated carbocycles. The lowest BCUT2D eigenvalue weighted by molar-refractivity contribution is 0.102. The Labute approximate surface area is 143 Å². The highest BCUT2D eigenvalue weighted by atomic mass is 35.5. The summed E-state index contributed by atoms with van der Waals surface area (Å²) in [5, 5.41) is 0.433. The van der Waals surface area contributed by atoms with Crippen molar-refractivity contribution >= 4 is 29.1 Å². The lowest BCUT2D eigenvalue weighted by atomic mass is 10.1. The summed E-state index contributed by atoms with van der Waals surface area (Å²) >= 11 is 7.51. The van der Waals surface area contributed by atoms with Crippen LogP contribution in [0.15, 0.2) is 41.3 Å². The molecule has 4 nitrogen and oxygen atoms in total. The van der Waals surface area contributed by atoms with Gasteiger partial charge in [-0.25, -0.2) is 0 Å². The Hall–Kier alpha value is -1.85. The molecule has 2 aromatic carbocycles. The van der Waals surface area contributed by atoms with Gasteiger partial charge in [-0.3, -0.25) is 4.79 Å². The zero-order valence-corrected chi connectivity index (χ0v) is 14.1. The molecule has 0 radical (unpaired) electrons. The number of thioether (sulfide) groups is 1. The van der Waals surface area contributed by atoms with Crippen LogP contribution in [0.4, 0.5) is 0 Å². The second-order valence-corrected chi connectivity index (χ2v) is 6.32. The molecule has 23 heavy (non-hydrogen) atoms. The molecule has 2 aromatic rings. The minimum absolute atomic E-state index is 0.00874. The number of methoxy groups -OCH3 is 1. The zero-order valence-electron chi connectivity index (χ0n) is 12.5. The van der Waals surface area contributed by atoms with Gasteiger partial charge in [0.2, 0.25) is 0 Å². The van der Waals surface area contributed by atoms with Crippen LogP contribution in [0, 0.1) is 0 Å². The highest BCUT2D eigenvalue weighted by Gasteiger charge is 2.14. The van der Waals surface area contributed by atoms with Gasteiger partial charge in [0.05, 0.1) is 17.9 Å². The SMILES string of the molecule is COc1ccc(C(=O)CSc2ccc3c(c2)OCCO3)cc1Cl. The maximum atomic E-state index is 12.3. The molecule has 0 amide bonds. The summed E-state index contributed by atoms with van der Waals surface area (Å²) in [7, 11) is 1.54. The smallest absolute Gasteiger partial charge is 0.173 e. The number of hydrogen-bond donors (Lipinski definition) is 0. The summed E-state index contributed by atoms with van der Waals surface area (Å²) in [5.41, 5.74) is 0.570. The Bertz CT molecular complexity index is 733. The Morgan fingerprint density at radius 1 is 1.17 bits per heavy atom. The van der Waals surface area contributed by atoms with Crippen molar-refractivity contribution in [3.8, 4) is 17.2 Å². The summed E-state index contributed by atoms with van der Waals surface area (Å²) < 4.78 is 16.1. The summed E-state index contributed by atoms with van der Waals surface area (Å²) in [6.07, 6.45) is 0. The fourth-order valence-electron chi connectivity index (χ4n) is 2.19. The Morgan fingerprint density at radius 3 is 2.70 bits per heavy atom. The molecule has 1 heterocycles. The van der Waals surface area contributed by atoms with Gasteiger partial charge in [-0.15, -0.1) is 11.8 Å². The summed E-state index contributed by atoms with van der Waals surface area (Å²) in [6, 6.07) is 10.7. The van der Waals surface area contributed by atoms with Crippen molar-refractivity contribution in [3.63, 3.8) is 0 Å². The van der Waals surface area contributed by atoms with Crippen LogP contribution in [0.3, 0.4) is 0 Å². The topological polar surface area (TPSA) is 44.8 Å². The van der Waals surface area contributed by atoms with Gasteiger partial charge in [-0.2, -0.15) is 0 Å². The lowest BCUT2D eigenvalue weighted by Crippen LogP contribution is -2.15. The van der Waals surface area contributed by atoms with Crippen molar-refractivity contribution in [2.24, 2.45) is 0 Å². The van der Waals surface area contributed by atoms with Crippen LogP contribution in [0.1, 0.15) is 10.4 Å². The molecule has 1 aliphatic rings. The van der Waals surface area contributed by atoms with Gasteiger partial charge >= 0.3 is 0 Å². The van der Waals surface area contributed by atoms with E-state index in [9.17, 15) is 4.79 Å². The number of fused-ring (bicyclic) bond motifs is 1. The van der Waals surface area contributed by atoms with E-state index in [0.29, 0.717) is 35.3 Å². The van der Waals surface area contributed by atoms with Crippen molar-refractivity contribution in [2.75, 3.05) is 26.1 Å². The quantitative estimate of drug-likeness (QED) is 0.600. The summed E-state index contributed by atoms with van der Waals surface area (Å²) in [6.45, 7) is 1.11. The number of ketones is 1. The van der Waals surface area contributed by atoms with Crippen LogP contribution in [-0.2, 0) is 0 Å². The third kappa shape index (κ3) is 3.74. The number of rotatable bonds is 5. The van der Waals surface area contributed by atoms with Crippen molar-refractivity contribution in [1.82, 2.24) is 0 Å². The lowest BCUT2D eigenvalue weighted by Gasteiger charge is -2.18. The van der Waals surface area contributed by atoms with E-state index in [2.05, 4.69) is 0 Å². The fraction of sp³-hybridized carbons (Fsp3) is 0.235. The molecule has 0 aromatic heterocycles. The maximum Gasteiger partial charge on any atom is 0.173 e. The second-order valence-electron chi connectivity index (χ2n) is 4.87. The second kappa shape index (κ2) is 7.15. The average molecular weight is 351 g/mol. The van der Waals surface area contributed by atoms with Crippen LogP contribution in [0.2, 0.25) is 5.02 Å². The van der Waals surface area contributed by atoms with Crippen LogP contribution in [0.5, 0.6) is 17.2 Å². The van der Waals surface area contributed by atoms with Gasteiger partial charge in [0, 0.05) is 10.5 Å². The molecule has 3 rings (SSSR count). The van der Waals surface area contributed by atoms with Gasteiger partial charge in [-0.1, -0.05) is 11.6 Å². The van der Waals surface area contributed by atoms with E-state index in [0.717, 1.165) is 16.4 Å². The van der Waals surface area contributed by atoms with Gasteiger partial charge in [0.25, 0.3) is 0 Å². The van der Waals surface area contributed by atoms with Gasteiger partial charge < -0.3 is 14.2 Å². The van der Waals surface area contributed by atoms with Gasteiger partial charge in [0.15, 0.2) is 17.3 Å². The van der Waals surface area contributed by atoms with Crippen molar-refractivity contribution in [1.29, 1.82) is 0 Å². The minimum Gasteiger partial charge on any atom is -0.495 e. The number of carbonyl (C=O) groups is 1. The Kier molecular flexibility index (Phi) is 4.98. The molecule has 0 atom stereocenters. The number of carbonyl (C=O) groups excluding carboxylic acids is 1. The van der Waals surface area contributed by atoms with E-state index < -0.39 is 0 Å². The third-order valence-corrected chi connectivity index (χ3v) is 4.65. The summed E-state index contributed by atoms with van der Waals surface area (Å²) in [5.74, 6) is 2.36. The zero-order chi connectivity index (χ0) is 16.2. The predicted octanol–water partition coefficient (Wildman–Crippen LogP) is 4.09. The minimum atomic E-state index is 0.00874. The Balaban J connectivity index is 1.66.